The van der Waals surface area contributed by atoms with E-state index in [1.54, 1.807) is 0 Å². The van der Waals surface area contributed by atoms with Crippen LogP contribution in [-0.2, 0) is 26.4 Å². The average molecular weight is 1040 g/mol. The largest absolute Gasteiger partial charge is 0.494 e. The van der Waals surface area contributed by atoms with Gasteiger partial charge in [-0.2, -0.15) is 0 Å². The molecule has 0 aliphatic rings. The van der Waals surface area contributed by atoms with Crippen molar-refractivity contribution in [3.05, 3.63) is 138 Å². The summed E-state index contributed by atoms with van der Waals surface area (Å²) in [6.07, 6.45) is 43.6. The van der Waals surface area contributed by atoms with Gasteiger partial charge in [-0.3, -0.25) is 0 Å². The summed E-state index contributed by atoms with van der Waals surface area (Å²) in [5.41, 5.74) is 4.18. The maximum absolute atomic E-state index is 6.76. The fraction of sp³-hybridized carbons (Fsp3) is 0.580. The molecule has 0 fully saturated rings. The van der Waals surface area contributed by atoms with Gasteiger partial charge < -0.3 is 28.4 Å². The smallest absolute Gasteiger partial charge is 0.203 e. The van der Waals surface area contributed by atoms with Crippen LogP contribution >= 0.6 is 0 Å². The molecule has 0 unspecified atom stereocenters. The lowest BCUT2D eigenvalue weighted by Crippen LogP contribution is -2.32. The number of ether oxygens (including phenoxy) is 6. The van der Waals surface area contributed by atoms with Crippen molar-refractivity contribution in [1.29, 1.82) is 0 Å². The monoisotopic (exact) mass is 1040 g/mol. The number of hydrogen-bond acceptors (Lipinski definition) is 6. The van der Waals surface area contributed by atoms with Crippen molar-refractivity contribution in [3.63, 3.8) is 0 Å². The van der Waals surface area contributed by atoms with Crippen LogP contribution in [0.25, 0.3) is 0 Å². The van der Waals surface area contributed by atoms with Gasteiger partial charge >= 0.3 is 0 Å². The maximum Gasteiger partial charge on any atom is 0.203 e. The van der Waals surface area contributed by atoms with E-state index in [0.29, 0.717) is 43.6 Å². The van der Waals surface area contributed by atoms with E-state index in [9.17, 15) is 0 Å². The molecule has 0 spiro atoms. The van der Waals surface area contributed by atoms with Gasteiger partial charge in [-0.1, -0.05) is 237 Å². The van der Waals surface area contributed by atoms with E-state index in [4.69, 9.17) is 28.4 Å². The predicted octanol–water partition coefficient (Wildman–Crippen LogP) is 19.7. The molecule has 0 bridgehead atoms. The van der Waals surface area contributed by atoms with Gasteiger partial charge in [0.1, 0.15) is 37.1 Å². The van der Waals surface area contributed by atoms with Crippen molar-refractivity contribution < 1.29 is 33.0 Å². The summed E-state index contributed by atoms with van der Waals surface area (Å²) in [7, 11) is 0. The summed E-state index contributed by atoms with van der Waals surface area (Å²) in [5, 5.41) is 0. The molecule has 0 aliphatic carbocycles. The molecule has 5 aromatic rings. The summed E-state index contributed by atoms with van der Waals surface area (Å²) in [5.74, 6) is 4.53. The van der Waals surface area contributed by atoms with Crippen LogP contribution in [-0.4, -0.2) is 19.8 Å². The van der Waals surface area contributed by atoms with E-state index in [2.05, 4.69) is 135 Å². The Morgan fingerprint density at radius 2 is 0.579 bits per heavy atom. The molecule has 5 rings (SSSR count). The minimum Gasteiger partial charge on any atom is -0.494 e. The van der Waals surface area contributed by atoms with Crippen LogP contribution < -0.4 is 33.0 Å². The molecular formula is C69H102NO6+. The number of benzene rings is 4. The third kappa shape index (κ3) is 27.7. The van der Waals surface area contributed by atoms with Crippen molar-refractivity contribution in [1.82, 2.24) is 0 Å². The van der Waals surface area contributed by atoms with E-state index in [1.165, 1.54) is 173 Å². The Balaban J connectivity index is 1.19. The lowest BCUT2D eigenvalue weighted by Gasteiger charge is -2.19. The number of pyridine rings is 1. The van der Waals surface area contributed by atoms with Gasteiger partial charge in [0.05, 0.1) is 19.8 Å². The Morgan fingerprint density at radius 3 is 0.895 bits per heavy atom. The number of aromatic nitrogens is 1. The molecule has 0 N–H and O–H groups in total. The molecule has 0 atom stereocenters. The van der Waals surface area contributed by atoms with Crippen molar-refractivity contribution in [2.75, 3.05) is 19.8 Å². The molecule has 0 amide bonds. The SMILES string of the molecule is CCCCCCCCCCCCOc1ccc(COc2cc(C[n+]3ccccc3)cc(OCc3ccc(OCCCCCCCCCCCC)cc3)c2OCc2ccc(OCCCCCCCCCCCC)cc2)cc1. The standard InChI is InChI=1S/C69H102NO6/c1-4-7-10-13-16-19-22-25-28-34-51-71-64-43-37-60(38-44-64)57-74-67-54-63(56-70-49-32-31-33-50-70)55-68(75-58-61-39-45-65(46-40-61)72-52-35-29-26-23-20-17-14-11-8-5-2)69(67)76-59-62-41-47-66(48-42-62)73-53-36-30-27-24-21-18-15-12-9-6-3/h31-33,37-50,54-55H,4-30,34-36,51-53,56-59H2,1-3H3/q+1. The van der Waals surface area contributed by atoms with Gasteiger partial charge in [-0.25, -0.2) is 4.57 Å². The van der Waals surface area contributed by atoms with Crippen LogP contribution in [0.2, 0.25) is 0 Å². The molecule has 0 aliphatic heterocycles. The predicted molar refractivity (Wildman–Crippen MR) is 317 cm³/mol. The Morgan fingerprint density at radius 1 is 0.289 bits per heavy atom. The molecule has 1 heterocycles. The van der Waals surface area contributed by atoms with Crippen LogP contribution in [0.1, 0.15) is 236 Å². The average Bonchev–Trinajstić information content (AvgIpc) is 3.45. The Hall–Kier alpha value is -5.17. The van der Waals surface area contributed by atoms with Crippen LogP contribution in [0.5, 0.6) is 34.5 Å². The van der Waals surface area contributed by atoms with Gasteiger partial charge in [0.2, 0.25) is 5.75 Å². The summed E-state index contributed by atoms with van der Waals surface area (Å²) in [6.45, 7) is 10.8. The van der Waals surface area contributed by atoms with Crippen molar-refractivity contribution in [2.45, 2.75) is 240 Å². The zero-order chi connectivity index (χ0) is 53.2. The quantitative estimate of drug-likeness (QED) is 0.0286. The normalized spacial score (nSPS) is 11.2. The maximum atomic E-state index is 6.76. The fourth-order valence-corrected chi connectivity index (χ4v) is 9.69. The summed E-state index contributed by atoms with van der Waals surface area (Å²) >= 11 is 0. The minimum atomic E-state index is 0.342. The van der Waals surface area contributed by atoms with Gasteiger partial charge in [-0.15, -0.1) is 0 Å². The Kier molecular flexibility index (Phi) is 33.3. The van der Waals surface area contributed by atoms with E-state index in [1.807, 2.05) is 6.07 Å². The number of rotatable bonds is 47. The number of unbranched alkanes of at least 4 members (excludes halogenated alkanes) is 27. The third-order valence-electron chi connectivity index (χ3n) is 14.5. The molecule has 0 saturated heterocycles. The Labute approximate surface area is 462 Å². The molecule has 76 heavy (non-hydrogen) atoms. The van der Waals surface area contributed by atoms with Crippen LogP contribution in [0.15, 0.2) is 116 Å². The highest BCUT2D eigenvalue weighted by molar-refractivity contribution is 5.54. The fourth-order valence-electron chi connectivity index (χ4n) is 9.69. The van der Waals surface area contributed by atoms with Gasteiger partial charge in [0, 0.05) is 17.7 Å². The Bertz CT molecular complexity index is 2050. The summed E-state index contributed by atoms with van der Waals surface area (Å²) in [6, 6.07) is 35.2. The molecule has 0 saturated carbocycles. The zero-order valence-corrected chi connectivity index (χ0v) is 48.0. The zero-order valence-electron chi connectivity index (χ0n) is 48.0. The molecule has 418 valence electrons. The molecule has 0 radical (unpaired) electrons. The minimum absolute atomic E-state index is 0.342. The molecule has 7 heteroatoms. The molecule has 7 nitrogen and oxygen atoms in total. The molecule has 1 aromatic heterocycles. The van der Waals surface area contributed by atoms with Crippen molar-refractivity contribution >= 4 is 0 Å². The number of hydrogen-bond donors (Lipinski definition) is 0. The highest BCUT2D eigenvalue weighted by Crippen LogP contribution is 2.41. The van der Waals surface area contributed by atoms with Gasteiger partial charge in [0.15, 0.2) is 30.4 Å². The van der Waals surface area contributed by atoms with Gasteiger partial charge in [0.25, 0.3) is 0 Å². The second-order valence-electron chi connectivity index (χ2n) is 21.4. The van der Waals surface area contributed by atoms with E-state index < -0.39 is 0 Å². The summed E-state index contributed by atoms with van der Waals surface area (Å²) in [4.78, 5) is 0. The second-order valence-corrected chi connectivity index (χ2v) is 21.4. The number of nitrogens with zero attached hydrogens (tertiary/aromatic N) is 1. The first kappa shape index (κ1) is 61.7. The van der Waals surface area contributed by atoms with Crippen molar-refractivity contribution in [3.8, 4) is 34.5 Å². The van der Waals surface area contributed by atoms with E-state index in [-0.39, 0.29) is 0 Å². The summed E-state index contributed by atoms with van der Waals surface area (Å²) < 4.78 is 40.9. The highest BCUT2D eigenvalue weighted by atomic mass is 16.5. The lowest BCUT2D eigenvalue weighted by atomic mass is 10.1. The van der Waals surface area contributed by atoms with Crippen LogP contribution in [0, 0.1) is 0 Å². The van der Waals surface area contributed by atoms with Crippen molar-refractivity contribution in [2.24, 2.45) is 0 Å². The van der Waals surface area contributed by atoms with E-state index in [0.717, 1.165) is 78.6 Å². The molecule has 4 aromatic carbocycles. The first-order valence-electron chi connectivity index (χ1n) is 30.8. The van der Waals surface area contributed by atoms with E-state index >= 15 is 0 Å². The first-order valence-corrected chi connectivity index (χ1v) is 30.8. The van der Waals surface area contributed by atoms with Gasteiger partial charge in [-0.05, 0) is 84.5 Å². The first-order chi connectivity index (χ1) is 37.6. The lowest BCUT2D eigenvalue weighted by molar-refractivity contribution is -0.688. The topological polar surface area (TPSA) is 59.3 Å². The highest BCUT2D eigenvalue weighted by Gasteiger charge is 2.19. The second kappa shape index (κ2) is 41.0. The third-order valence-corrected chi connectivity index (χ3v) is 14.5. The van der Waals surface area contributed by atoms with Crippen LogP contribution in [0.4, 0.5) is 0 Å². The molecular weight excluding hydrogens is 939 g/mol. The van der Waals surface area contributed by atoms with Crippen LogP contribution in [0.3, 0.4) is 0 Å².